The van der Waals surface area contributed by atoms with Gasteiger partial charge in [-0.2, -0.15) is 18.3 Å². The van der Waals surface area contributed by atoms with E-state index in [9.17, 15) is 26.4 Å². The van der Waals surface area contributed by atoms with Crippen molar-refractivity contribution in [1.82, 2.24) is 19.5 Å². The number of alkyl halides is 3. The van der Waals surface area contributed by atoms with Gasteiger partial charge in [-0.1, -0.05) is 12.1 Å². The summed E-state index contributed by atoms with van der Waals surface area (Å²) in [5, 5.41) is 4.70. The number of carbonyl (C=O) groups is 1. The van der Waals surface area contributed by atoms with Crippen LogP contribution in [0.4, 0.5) is 24.5 Å². The number of rotatable bonds is 4. The van der Waals surface area contributed by atoms with E-state index in [1.807, 2.05) is 22.4 Å². The summed E-state index contributed by atoms with van der Waals surface area (Å²) in [7, 11) is -2.10. The van der Waals surface area contributed by atoms with Gasteiger partial charge in [-0.25, -0.2) is 17.9 Å². The van der Waals surface area contributed by atoms with Crippen molar-refractivity contribution in [3.8, 4) is 0 Å². The molecular weight excluding hydrogens is 559 g/mol. The van der Waals surface area contributed by atoms with Crippen LogP contribution in [0.1, 0.15) is 48.7 Å². The molecule has 6 rings (SSSR count). The van der Waals surface area contributed by atoms with Crippen molar-refractivity contribution in [3.63, 3.8) is 0 Å². The standard InChI is InChI=1S/C28H32F3N5O4S/c1-18-15-23-32-16-22-25(36(23)33-18)27(10-12-40-17-27)9-11-35(22)21-5-3-19(4-6-21)24(28(29,30)31)34(2)26(37)20-7-13-41(38,39)14-8-20/h3-6,15-16,20,24H,7-14,17H2,1-2H3/t24-,27-/m0/s1. The number of carbonyl (C=O) groups excluding carboxylic acids is 1. The van der Waals surface area contributed by atoms with Gasteiger partial charge in [0.2, 0.25) is 5.91 Å². The lowest BCUT2D eigenvalue weighted by molar-refractivity contribution is -0.190. The number of aromatic nitrogens is 3. The predicted molar refractivity (Wildman–Crippen MR) is 146 cm³/mol. The lowest BCUT2D eigenvalue weighted by Gasteiger charge is -2.41. The zero-order valence-electron chi connectivity index (χ0n) is 22.9. The largest absolute Gasteiger partial charge is 0.413 e. The van der Waals surface area contributed by atoms with Gasteiger partial charge in [0.25, 0.3) is 0 Å². The molecule has 13 heteroatoms. The van der Waals surface area contributed by atoms with E-state index in [2.05, 4.69) is 4.98 Å². The Hall–Kier alpha value is -3.19. The maximum atomic E-state index is 14.3. The van der Waals surface area contributed by atoms with Gasteiger partial charge in [-0.15, -0.1) is 0 Å². The van der Waals surface area contributed by atoms with Crippen LogP contribution in [-0.4, -0.2) is 78.3 Å². The van der Waals surface area contributed by atoms with Crippen molar-refractivity contribution in [3.05, 3.63) is 53.5 Å². The number of sulfone groups is 1. The molecule has 0 aliphatic carbocycles. The number of hydrogen-bond donors (Lipinski definition) is 0. The van der Waals surface area contributed by atoms with E-state index in [-0.39, 0.29) is 35.3 Å². The van der Waals surface area contributed by atoms with Crippen molar-refractivity contribution >= 4 is 32.8 Å². The molecule has 0 bridgehead atoms. The van der Waals surface area contributed by atoms with E-state index in [1.165, 1.54) is 12.1 Å². The normalized spacial score (nSPS) is 23.6. The summed E-state index contributed by atoms with van der Waals surface area (Å²) in [6.45, 7) is 3.77. The lowest BCUT2D eigenvalue weighted by atomic mass is 9.77. The number of halogens is 3. The molecule has 0 radical (unpaired) electrons. The molecule has 3 aliphatic rings. The van der Waals surface area contributed by atoms with Crippen LogP contribution in [0.15, 0.2) is 36.5 Å². The number of fused-ring (bicyclic) bond motifs is 4. The third-order valence-corrected chi connectivity index (χ3v) is 10.5. The average Bonchev–Trinajstić information content (AvgIpc) is 3.54. The molecule has 0 N–H and O–H groups in total. The highest BCUT2D eigenvalue weighted by atomic mass is 32.2. The smallest absolute Gasteiger partial charge is 0.380 e. The van der Waals surface area contributed by atoms with Gasteiger partial charge in [0.05, 0.1) is 41.4 Å². The van der Waals surface area contributed by atoms with Crippen LogP contribution < -0.4 is 4.90 Å². The van der Waals surface area contributed by atoms with Crippen LogP contribution in [0.2, 0.25) is 0 Å². The fourth-order valence-corrected chi connectivity index (χ4v) is 8.07. The zero-order valence-corrected chi connectivity index (χ0v) is 23.7. The molecule has 1 amide bonds. The number of aryl methyl sites for hydroxylation is 1. The number of anilines is 2. The summed E-state index contributed by atoms with van der Waals surface area (Å²) in [6.07, 6.45) is -1.20. The Kier molecular flexibility index (Phi) is 6.80. The van der Waals surface area contributed by atoms with E-state index >= 15 is 0 Å². The molecule has 3 aliphatic heterocycles. The number of nitrogens with zero attached hydrogens (tertiary/aromatic N) is 5. The van der Waals surface area contributed by atoms with Gasteiger partial charge in [-0.05, 0) is 50.3 Å². The minimum absolute atomic E-state index is 0.0347. The Morgan fingerprint density at radius 3 is 2.51 bits per heavy atom. The highest BCUT2D eigenvalue weighted by Gasteiger charge is 2.48. The highest BCUT2D eigenvalue weighted by Crippen LogP contribution is 2.47. The minimum atomic E-state index is -4.72. The summed E-state index contributed by atoms with van der Waals surface area (Å²) in [6, 6.07) is 5.88. The average molecular weight is 592 g/mol. The number of hydrogen-bond acceptors (Lipinski definition) is 7. The SMILES string of the molecule is Cc1cc2ncc3c(n2n1)[C@]1(CCOC1)CCN3c1ccc([C@H](N(C)C(=O)C2CCS(=O)(=O)CC2)C(F)(F)F)cc1. The van der Waals surface area contributed by atoms with Crippen LogP contribution in [0, 0.1) is 12.8 Å². The Morgan fingerprint density at radius 2 is 1.88 bits per heavy atom. The third kappa shape index (κ3) is 4.96. The number of amides is 1. The van der Waals surface area contributed by atoms with E-state index in [4.69, 9.17) is 9.84 Å². The fourth-order valence-electron chi connectivity index (χ4n) is 6.58. The quantitative estimate of drug-likeness (QED) is 0.450. The molecule has 0 unspecified atom stereocenters. The fraction of sp³-hybridized carbons (Fsp3) is 0.536. The number of ether oxygens (including phenoxy) is 1. The molecule has 41 heavy (non-hydrogen) atoms. The van der Waals surface area contributed by atoms with E-state index in [1.54, 1.807) is 18.3 Å². The van der Waals surface area contributed by atoms with Crippen LogP contribution >= 0.6 is 0 Å². The second-order valence-corrected chi connectivity index (χ2v) is 13.7. The first kappa shape index (κ1) is 28.0. The van der Waals surface area contributed by atoms with Crippen molar-refractivity contribution in [2.75, 3.05) is 43.2 Å². The van der Waals surface area contributed by atoms with E-state index in [0.29, 0.717) is 25.4 Å². The Labute approximate surface area is 236 Å². The van der Waals surface area contributed by atoms with E-state index < -0.39 is 33.9 Å². The van der Waals surface area contributed by atoms with Crippen molar-refractivity contribution in [2.45, 2.75) is 50.2 Å². The van der Waals surface area contributed by atoms with Gasteiger partial charge in [0.15, 0.2) is 11.7 Å². The van der Waals surface area contributed by atoms with E-state index in [0.717, 1.165) is 47.5 Å². The maximum absolute atomic E-state index is 14.3. The summed E-state index contributed by atoms with van der Waals surface area (Å²) >= 11 is 0. The first-order valence-electron chi connectivity index (χ1n) is 13.7. The zero-order chi connectivity index (χ0) is 29.2. The molecule has 2 aromatic heterocycles. The molecule has 3 aromatic rings. The van der Waals surface area contributed by atoms with Crippen molar-refractivity contribution in [2.24, 2.45) is 5.92 Å². The molecule has 2 fully saturated rings. The van der Waals surface area contributed by atoms with Crippen LogP contribution in [-0.2, 0) is 24.8 Å². The molecule has 1 aromatic carbocycles. The molecule has 0 saturated carbocycles. The maximum Gasteiger partial charge on any atom is 0.413 e. The lowest BCUT2D eigenvalue weighted by Crippen LogP contribution is -2.44. The summed E-state index contributed by atoms with van der Waals surface area (Å²) in [5.41, 5.74) is 3.85. The molecule has 5 heterocycles. The van der Waals surface area contributed by atoms with Gasteiger partial charge in [-0.3, -0.25) is 4.79 Å². The Balaban J connectivity index is 1.31. The topological polar surface area (TPSA) is 97.1 Å². The minimum Gasteiger partial charge on any atom is -0.380 e. The first-order valence-corrected chi connectivity index (χ1v) is 15.6. The molecule has 220 valence electrons. The van der Waals surface area contributed by atoms with Gasteiger partial charge in [0, 0.05) is 43.3 Å². The van der Waals surface area contributed by atoms with Gasteiger partial charge >= 0.3 is 6.18 Å². The molecule has 1 spiro atoms. The molecular formula is C28H32F3N5O4S. The molecule has 2 atom stereocenters. The second kappa shape index (κ2) is 9.97. The summed E-state index contributed by atoms with van der Waals surface area (Å²) < 4.78 is 74.2. The summed E-state index contributed by atoms with van der Waals surface area (Å²) in [4.78, 5) is 20.4. The van der Waals surface area contributed by atoms with Gasteiger partial charge < -0.3 is 14.5 Å². The van der Waals surface area contributed by atoms with Crippen molar-refractivity contribution < 1.29 is 31.1 Å². The molecule has 2 saturated heterocycles. The Bertz CT molecular complexity index is 1570. The van der Waals surface area contributed by atoms with Crippen molar-refractivity contribution in [1.29, 1.82) is 0 Å². The van der Waals surface area contributed by atoms with Gasteiger partial charge in [0.1, 0.15) is 9.84 Å². The molecule has 9 nitrogen and oxygen atoms in total. The monoisotopic (exact) mass is 591 g/mol. The van der Waals surface area contributed by atoms with Crippen LogP contribution in [0.3, 0.4) is 0 Å². The third-order valence-electron chi connectivity index (χ3n) is 8.77. The Morgan fingerprint density at radius 1 is 1.17 bits per heavy atom. The first-order chi connectivity index (χ1) is 19.4. The predicted octanol–water partition coefficient (Wildman–Crippen LogP) is 4.12. The second-order valence-electron chi connectivity index (χ2n) is 11.4. The summed E-state index contributed by atoms with van der Waals surface area (Å²) in [5.74, 6) is -1.82. The number of benzene rings is 1. The van der Waals surface area contributed by atoms with Crippen LogP contribution in [0.5, 0.6) is 0 Å². The van der Waals surface area contributed by atoms with Crippen LogP contribution in [0.25, 0.3) is 5.65 Å². The highest BCUT2D eigenvalue weighted by molar-refractivity contribution is 7.91.